The zero-order valence-electron chi connectivity index (χ0n) is 30.8. The number of hydrogen-bond acceptors (Lipinski definition) is 9. The highest BCUT2D eigenvalue weighted by atomic mass is 28.4. The zero-order chi connectivity index (χ0) is 37.3. The summed E-state index contributed by atoms with van der Waals surface area (Å²) in [5, 5.41) is 3.81. The summed E-state index contributed by atoms with van der Waals surface area (Å²) in [6.45, 7) is 12.3. The van der Waals surface area contributed by atoms with Crippen LogP contribution in [0.15, 0.2) is 109 Å². The highest BCUT2D eigenvalue weighted by molar-refractivity contribution is 6.74. The van der Waals surface area contributed by atoms with Crippen LogP contribution in [-0.4, -0.2) is 71.3 Å². The molecule has 0 bridgehead atoms. The second kappa shape index (κ2) is 14.7. The number of nitrogens with zero attached hydrogens (tertiary/aromatic N) is 5. The van der Waals surface area contributed by atoms with Crippen molar-refractivity contribution in [2.75, 3.05) is 14.2 Å². The van der Waals surface area contributed by atoms with Gasteiger partial charge < -0.3 is 23.4 Å². The van der Waals surface area contributed by atoms with Gasteiger partial charge in [0.25, 0.3) is 0 Å². The van der Waals surface area contributed by atoms with E-state index in [0.717, 1.165) is 21.3 Å². The minimum absolute atomic E-state index is 0.239. The van der Waals surface area contributed by atoms with Crippen molar-refractivity contribution < 1.29 is 27.8 Å². The van der Waals surface area contributed by atoms with Crippen molar-refractivity contribution in [1.29, 1.82) is 0 Å². The second-order valence-electron chi connectivity index (χ2n) is 14.4. The van der Waals surface area contributed by atoms with Crippen LogP contribution in [0.2, 0.25) is 18.1 Å². The maximum Gasteiger partial charge on any atom is 0.351 e. The smallest absolute Gasteiger partial charge is 0.351 e. The quantitative estimate of drug-likeness (QED) is 0.101. The Labute approximate surface area is 304 Å². The number of ether oxygens (including phenoxy) is 4. The number of aromatic nitrogens is 5. The Balaban J connectivity index is 1.46. The molecule has 2 aromatic heterocycles. The Morgan fingerprint density at radius 2 is 1.44 bits per heavy atom. The van der Waals surface area contributed by atoms with Crippen LogP contribution in [0.25, 0.3) is 5.82 Å². The van der Waals surface area contributed by atoms with Gasteiger partial charge in [-0.25, -0.2) is 18.9 Å². The fraction of sp³-hybridized carbons (Fsp3) is 0.385. The average Bonchev–Trinajstić information content (AvgIpc) is 3.79. The maximum atomic E-state index is 17.1. The first kappa shape index (κ1) is 37.1. The van der Waals surface area contributed by atoms with Gasteiger partial charge in [-0.05, 0) is 72.1 Å². The molecule has 0 saturated carbocycles. The fourth-order valence-electron chi connectivity index (χ4n) is 6.33. The van der Waals surface area contributed by atoms with Crippen molar-refractivity contribution in [3.05, 3.63) is 131 Å². The molecular weight excluding hydrogens is 682 g/mol. The highest BCUT2D eigenvalue weighted by Crippen LogP contribution is 2.47. The van der Waals surface area contributed by atoms with Gasteiger partial charge in [0.1, 0.15) is 42.0 Å². The number of alkyl halides is 1. The van der Waals surface area contributed by atoms with Gasteiger partial charge in [-0.2, -0.15) is 10.1 Å². The molecule has 0 spiro atoms. The minimum Gasteiger partial charge on any atom is -0.497 e. The Morgan fingerprint density at radius 3 is 1.94 bits per heavy atom. The van der Waals surface area contributed by atoms with Gasteiger partial charge in [0.2, 0.25) is 0 Å². The Bertz CT molecular complexity index is 1940. The van der Waals surface area contributed by atoms with E-state index < -0.39 is 50.3 Å². The molecule has 1 saturated heterocycles. The molecule has 5 aromatic rings. The van der Waals surface area contributed by atoms with Crippen LogP contribution in [0.5, 0.6) is 11.5 Å². The molecule has 6 rings (SSSR count). The van der Waals surface area contributed by atoms with E-state index >= 15 is 4.39 Å². The summed E-state index contributed by atoms with van der Waals surface area (Å²) < 4.78 is 51.3. The van der Waals surface area contributed by atoms with Crippen molar-refractivity contribution in [1.82, 2.24) is 24.3 Å². The molecule has 52 heavy (non-hydrogen) atoms. The third-order valence-electron chi connectivity index (χ3n) is 10.2. The molecule has 5 atom stereocenters. The van der Waals surface area contributed by atoms with Crippen LogP contribution < -0.4 is 15.2 Å². The predicted octanol–water partition coefficient (Wildman–Crippen LogP) is 6.86. The fourth-order valence-corrected chi connectivity index (χ4v) is 7.63. The van der Waals surface area contributed by atoms with E-state index in [4.69, 9.17) is 23.4 Å². The molecule has 1 unspecified atom stereocenters. The molecule has 0 radical (unpaired) electrons. The first-order valence-corrected chi connectivity index (χ1v) is 20.1. The number of rotatable bonds is 12. The largest absolute Gasteiger partial charge is 0.497 e. The first-order valence-electron chi connectivity index (χ1n) is 17.2. The van der Waals surface area contributed by atoms with Gasteiger partial charge in [0.05, 0.1) is 20.3 Å². The van der Waals surface area contributed by atoms with Crippen molar-refractivity contribution in [3.8, 4) is 17.3 Å². The van der Waals surface area contributed by atoms with Crippen molar-refractivity contribution in [2.45, 2.75) is 82.1 Å². The Morgan fingerprint density at radius 1 is 0.865 bits per heavy atom. The van der Waals surface area contributed by atoms with E-state index in [2.05, 4.69) is 48.9 Å². The summed E-state index contributed by atoms with van der Waals surface area (Å²) in [5.41, 5.74) is 0.569. The van der Waals surface area contributed by atoms with Crippen molar-refractivity contribution >= 4 is 8.32 Å². The molecule has 3 heterocycles. The second-order valence-corrected chi connectivity index (χ2v) is 19.2. The molecule has 1 aliphatic rings. The van der Waals surface area contributed by atoms with E-state index in [-0.39, 0.29) is 10.9 Å². The van der Waals surface area contributed by atoms with Crippen LogP contribution in [0.1, 0.15) is 50.6 Å². The molecule has 1 fully saturated rings. The van der Waals surface area contributed by atoms with Gasteiger partial charge in [-0.15, -0.1) is 0 Å². The van der Waals surface area contributed by atoms with Crippen LogP contribution in [-0.2, 0) is 19.5 Å². The molecule has 0 aliphatic carbocycles. The maximum absolute atomic E-state index is 17.1. The molecule has 13 heteroatoms. The predicted molar refractivity (Wildman–Crippen MR) is 197 cm³/mol. The summed E-state index contributed by atoms with van der Waals surface area (Å²) in [6, 6.07) is 26.8. The average molecular weight is 728 g/mol. The number of methoxy groups -OCH3 is 2. The van der Waals surface area contributed by atoms with Crippen molar-refractivity contribution in [2.24, 2.45) is 0 Å². The van der Waals surface area contributed by atoms with E-state index in [0.29, 0.717) is 11.5 Å². The first-order chi connectivity index (χ1) is 24.8. The SMILES string of the molecule is COc1ccc(C(O[C@@H](C)C2O[C@@H](n3ccc(-n4cncn4)nc3=O)[C@H](F)[C@@H]2O[Si](C)(C)C(C)(C)C)(c2ccccc2)c2ccc(OC)cc2)cc1. The number of halogens is 1. The summed E-state index contributed by atoms with van der Waals surface area (Å²) in [7, 11) is 0.653. The molecule has 0 amide bonds. The van der Waals surface area contributed by atoms with Crippen LogP contribution in [0.4, 0.5) is 4.39 Å². The number of benzene rings is 3. The summed E-state index contributed by atoms with van der Waals surface area (Å²) in [4.78, 5) is 21.5. The molecular formula is C39H46FN5O6Si. The number of hydrogen-bond donors (Lipinski definition) is 0. The summed E-state index contributed by atoms with van der Waals surface area (Å²) in [5.74, 6) is 1.63. The lowest BCUT2D eigenvalue weighted by Crippen LogP contribution is -2.51. The Hall–Kier alpha value is -4.69. The zero-order valence-corrected chi connectivity index (χ0v) is 31.8. The third kappa shape index (κ3) is 7.05. The lowest BCUT2D eigenvalue weighted by atomic mass is 9.79. The topological polar surface area (TPSA) is 112 Å². The molecule has 0 N–H and O–H groups in total. The van der Waals surface area contributed by atoms with Crippen LogP contribution in [0.3, 0.4) is 0 Å². The monoisotopic (exact) mass is 727 g/mol. The van der Waals surface area contributed by atoms with Gasteiger partial charge in [-0.1, -0.05) is 75.4 Å². The van der Waals surface area contributed by atoms with E-state index in [1.165, 1.54) is 23.5 Å². The minimum atomic E-state index is -2.59. The van der Waals surface area contributed by atoms with Gasteiger partial charge in [-0.3, -0.25) is 4.57 Å². The normalized spacial score (nSPS) is 20.1. The standard InChI is InChI=1S/C39H46FN5O6Si/c1-26(50-39(27-12-10-9-11-13-27,28-14-18-30(47-5)19-15-28)29-16-20-31(48-6)21-17-29)34-35(51-52(7,8)38(2,3)4)33(40)36(49-34)44-23-22-32(43-37(44)46)45-25-41-24-42-45/h9-26,33-36H,1-8H3/t26-,33+,34?,35-,36+/m0/s1. The van der Waals surface area contributed by atoms with E-state index in [1.807, 2.05) is 85.8 Å². The van der Waals surface area contributed by atoms with Gasteiger partial charge >= 0.3 is 5.69 Å². The Kier molecular flexibility index (Phi) is 10.5. The third-order valence-corrected chi connectivity index (χ3v) is 14.7. The molecule has 11 nitrogen and oxygen atoms in total. The molecule has 274 valence electrons. The van der Waals surface area contributed by atoms with Gasteiger partial charge in [0.15, 0.2) is 26.5 Å². The van der Waals surface area contributed by atoms with E-state index in [1.54, 1.807) is 20.3 Å². The van der Waals surface area contributed by atoms with Gasteiger partial charge in [0, 0.05) is 6.20 Å². The van der Waals surface area contributed by atoms with E-state index in [9.17, 15) is 4.79 Å². The van der Waals surface area contributed by atoms with Crippen LogP contribution in [0, 0.1) is 0 Å². The summed E-state index contributed by atoms with van der Waals surface area (Å²) >= 11 is 0. The summed E-state index contributed by atoms with van der Waals surface area (Å²) in [6.07, 6.45) is -1.60. The van der Waals surface area contributed by atoms with Crippen LogP contribution >= 0.6 is 0 Å². The lowest BCUT2D eigenvalue weighted by Gasteiger charge is -2.42. The molecule has 3 aromatic carbocycles. The highest BCUT2D eigenvalue weighted by Gasteiger charge is 2.55. The van der Waals surface area contributed by atoms with Crippen molar-refractivity contribution in [3.63, 3.8) is 0 Å². The molecule has 1 aliphatic heterocycles. The lowest BCUT2D eigenvalue weighted by molar-refractivity contribution is -0.136.